The van der Waals surface area contributed by atoms with Gasteiger partial charge in [0.1, 0.15) is 11.3 Å². The summed E-state index contributed by atoms with van der Waals surface area (Å²) in [5, 5.41) is 0.759. The molecule has 3 rings (SSSR count). The van der Waals surface area contributed by atoms with Crippen LogP contribution in [-0.2, 0) is 8.85 Å². The summed E-state index contributed by atoms with van der Waals surface area (Å²) in [6.07, 6.45) is 0.111. The Labute approximate surface area is 193 Å². The summed E-state index contributed by atoms with van der Waals surface area (Å²) in [5.74, 6) is -2.28. The van der Waals surface area contributed by atoms with E-state index < -0.39 is 20.1 Å². The second-order valence-electron chi connectivity index (χ2n) is 8.22. The van der Waals surface area contributed by atoms with Crippen LogP contribution < -0.4 is 10.4 Å². The summed E-state index contributed by atoms with van der Waals surface area (Å²) in [6, 6.07) is 16.8. The van der Waals surface area contributed by atoms with E-state index in [1.54, 1.807) is 38.5 Å². The van der Waals surface area contributed by atoms with E-state index in [0.717, 1.165) is 10.9 Å². The zero-order valence-corrected chi connectivity index (χ0v) is 20.2. The van der Waals surface area contributed by atoms with Crippen LogP contribution >= 0.6 is 0 Å². The average molecular weight is 477 g/mol. The fourth-order valence-electron chi connectivity index (χ4n) is 3.60. The minimum absolute atomic E-state index is 0.149. The molecule has 0 amide bonds. The van der Waals surface area contributed by atoms with Crippen LogP contribution in [0.3, 0.4) is 0 Å². The predicted octanol–water partition coefficient (Wildman–Crippen LogP) is 6.40. The first-order valence-corrected chi connectivity index (χ1v) is 13.5. The molecule has 0 unspecified atom stereocenters. The minimum Gasteiger partial charge on any atom is -0.493 e. The van der Waals surface area contributed by atoms with Crippen molar-refractivity contribution in [2.75, 3.05) is 20.8 Å². The summed E-state index contributed by atoms with van der Waals surface area (Å²) in [4.78, 5) is 12.4. The number of benzene rings is 2. The van der Waals surface area contributed by atoms with Gasteiger partial charge in [-0.1, -0.05) is 30.3 Å². The van der Waals surface area contributed by atoms with Gasteiger partial charge in [0.2, 0.25) is 5.92 Å². The van der Waals surface area contributed by atoms with Gasteiger partial charge in [-0.2, -0.15) is 0 Å². The molecular weight excluding hydrogens is 446 g/mol. The Bertz CT molecular complexity index is 1100. The molecule has 8 heteroatoms. The lowest BCUT2D eigenvalue weighted by Gasteiger charge is -2.24. The number of alkyl halides is 2. The fourth-order valence-corrected chi connectivity index (χ4v) is 5.00. The summed E-state index contributed by atoms with van der Waals surface area (Å²) in [5.41, 5.74) is 1.22. The number of halogens is 2. The highest BCUT2D eigenvalue weighted by Gasteiger charge is 2.32. The molecule has 0 atom stereocenters. The van der Waals surface area contributed by atoms with Crippen LogP contribution in [0.5, 0.6) is 5.75 Å². The van der Waals surface area contributed by atoms with E-state index >= 15 is 0 Å². The van der Waals surface area contributed by atoms with Crippen LogP contribution in [-0.4, -0.2) is 35.3 Å². The highest BCUT2D eigenvalue weighted by Crippen LogP contribution is 2.29. The Morgan fingerprint density at radius 2 is 1.67 bits per heavy atom. The molecule has 2 aromatic carbocycles. The molecule has 178 valence electrons. The monoisotopic (exact) mass is 476 g/mol. The van der Waals surface area contributed by atoms with Gasteiger partial charge in [-0.25, -0.2) is 13.6 Å². The second-order valence-corrected chi connectivity index (χ2v) is 11.8. The van der Waals surface area contributed by atoms with Crippen LogP contribution in [0.2, 0.25) is 12.6 Å². The number of hydrogen-bond donors (Lipinski definition) is 0. The summed E-state index contributed by atoms with van der Waals surface area (Å²) >= 11 is 0. The van der Waals surface area contributed by atoms with Crippen molar-refractivity contribution in [3.63, 3.8) is 0 Å². The normalized spacial score (nSPS) is 12.3. The minimum atomic E-state index is -2.76. The molecule has 0 aliphatic rings. The standard InChI is InChI=1S/C25H30F2O5Si/c1-29-33(3,30-2)16-8-14-25(26,27)13-7-15-31-21-12-11-20-17-22(19-9-5-4-6-10-19)24(28)32-23(20)18-21/h4-6,9-12,17-18H,7-8,13-16H2,1-3H3. The van der Waals surface area contributed by atoms with Crippen molar-refractivity contribution >= 4 is 19.5 Å². The van der Waals surface area contributed by atoms with Crippen molar-refractivity contribution in [1.82, 2.24) is 0 Å². The van der Waals surface area contributed by atoms with Gasteiger partial charge in [0.15, 0.2) is 0 Å². The van der Waals surface area contributed by atoms with E-state index in [1.807, 2.05) is 36.9 Å². The Morgan fingerprint density at radius 1 is 0.970 bits per heavy atom. The van der Waals surface area contributed by atoms with Gasteiger partial charge in [-0.15, -0.1) is 0 Å². The molecule has 33 heavy (non-hydrogen) atoms. The van der Waals surface area contributed by atoms with Gasteiger partial charge >= 0.3 is 14.2 Å². The van der Waals surface area contributed by atoms with Gasteiger partial charge in [0.05, 0.1) is 12.2 Å². The SMILES string of the molecule is CO[Si](C)(CCCC(F)(F)CCCOc1ccc2cc(-c3ccccc3)c(=O)oc2c1)OC. The van der Waals surface area contributed by atoms with E-state index in [1.165, 1.54) is 0 Å². The lowest BCUT2D eigenvalue weighted by Crippen LogP contribution is -2.36. The van der Waals surface area contributed by atoms with Crippen molar-refractivity contribution in [2.24, 2.45) is 0 Å². The maximum absolute atomic E-state index is 14.2. The van der Waals surface area contributed by atoms with Gasteiger partial charge in [-0.3, -0.25) is 0 Å². The number of ether oxygens (including phenoxy) is 1. The Morgan fingerprint density at radius 3 is 2.36 bits per heavy atom. The molecule has 0 radical (unpaired) electrons. The predicted molar refractivity (Wildman–Crippen MR) is 127 cm³/mol. The molecular formula is C25H30F2O5Si. The summed E-state index contributed by atoms with van der Waals surface area (Å²) in [7, 11) is 0.804. The number of hydrogen-bond acceptors (Lipinski definition) is 5. The van der Waals surface area contributed by atoms with Crippen LogP contribution in [0.4, 0.5) is 8.78 Å². The Kier molecular flexibility index (Phi) is 8.39. The first-order valence-electron chi connectivity index (χ1n) is 11.0. The molecule has 3 aromatic rings. The lowest BCUT2D eigenvalue weighted by atomic mass is 10.1. The second kappa shape index (κ2) is 11.0. The van der Waals surface area contributed by atoms with Crippen molar-refractivity contribution in [1.29, 1.82) is 0 Å². The summed E-state index contributed by atoms with van der Waals surface area (Å²) < 4.78 is 50.2. The largest absolute Gasteiger partial charge is 0.493 e. The smallest absolute Gasteiger partial charge is 0.344 e. The number of fused-ring (bicyclic) bond motifs is 1. The van der Waals surface area contributed by atoms with Crippen LogP contribution in [0.25, 0.3) is 22.1 Å². The van der Waals surface area contributed by atoms with E-state index in [4.69, 9.17) is 18.0 Å². The van der Waals surface area contributed by atoms with Crippen LogP contribution in [0.1, 0.15) is 25.7 Å². The van der Waals surface area contributed by atoms with Gasteiger partial charge in [0, 0.05) is 38.5 Å². The maximum Gasteiger partial charge on any atom is 0.344 e. The van der Waals surface area contributed by atoms with E-state index in [2.05, 4.69) is 0 Å². The van der Waals surface area contributed by atoms with Crippen molar-refractivity contribution in [2.45, 2.75) is 44.2 Å². The van der Waals surface area contributed by atoms with Crippen LogP contribution in [0.15, 0.2) is 63.8 Å². The van der Waals surface area contributed by atoms with E-state index in [0.29, 0.717) is 29.4 Å². The first kappa shape index (κ1) is 25.1. The molecule has 0 aliphatic carbocycles. The third kappa shape index (κ3) is 6.96. The van der Waals surface area contributed by atoms with E-state index in [9.17, 15) is 13.6 Å². The Hall–Kier alpha value is -2.55. The van der Waals surface area contributed by atoms with Gasteiger partial charge < -0.3 is 18.0 Å². The quantitative estimate of drug-likeness (QED) is 0.172. The molecule has 0 saturated carbocycles. The molecule has 1 aromatic heterocycles. The van der Waals surface area contributed by atoms with E-state index in [-0.39, 0.29) is 25.9 Å². The third-order valence-electron chi connectivity index (χ3n) is 5.78. The third-order valence-corrected chi connectivity index (χ3v) is 8.77. The molecule has 5 nitrogen and oxygen atoms in total. The molecule has 0 spiro atoms. The first-order chi connectivity index (χ1) is 15.8. The van der Waals surface area contributed by atoms with Gasteiger partial charge in [0.25, 0.3) is 0 Å². The van der Waals surface area contributed by atoms with Crippen molar-refractivity contribution in [3.8, 4) is 16.9 Å². The highest BCUT2D eigenvalue weighted by molar-refractivity contribution is 6.65. The van der Waals surface area contributed by atoms with Gasteiger partial charge in [-0.05, 0) is 49.2 Å². The van der Waals surface area contributed by atoms with Crippen molar-refractivity contribution in [3.05, 3.63) is 65.0 Å². The maximum atomic E-state index is 14.2. The number of rotatable bonds is 12. The molecule has 1 heterocycles. The molecule has 0 bridgehead atoms. The highest BCUT2D eigenvalue weighted by atomic mass is 28.4. The summed E-state index contributed by atoms with van der Waals surface area (Å²) in [6.45, 7) is 2.02. The molecule has 0 N–H and O–H groups in total. The molecule has 0 aliphatic heterocycles. The molecule has 0 saturated heterocycles. The topological polar surface area (TPSA) is 57.9 Å². The zero-order chi connectivity index (χ0) is 23.9. The lowest BCUT2D eigenvalue weighted by molar-refractivity contribution is -0.0215. The average Bonchev–Trinajstić information content (AvgIpc) is 2.81. The fraction of sp³-hybridized carbons (Fsp3) is 0.400. The van der Waals surface area contributed by atoms with Crippen LogP contribution in [0, 0.1) is 0 Å². The molecule has 0 fully saturated rings. The zero-order valence-electron chi connectivity index (χ0n) is 19.2. The van der Waals surface area contributed by atoms with Crippen molar-refractivity contribution < 1.29 is 26.8 Å². The Balaban J connectivity index is 1.52.